The molecule has 0 saturated carbocycles. The minimum Gasteiger partial charge on any atom is -0.507 e. The van der Waals surface area contributed by atoms with Crippen molar-refractivity contribution in [2.24, 2.45) is 7.05 Å². The van der Waals surface area contributed by atoms with Gasteiger partial charge >= 0.3 is 0 Å². The molecular weight excluding hydrogens is 256 g/mol. The molecule has 6 nitrogen and oxygen atoms in total. The molecule has 3 rings (SSSR count). The molecule has 0 amide bonds. The van der Waals surface area contributed by atoms with Crippen molar-refractivity contribution in [3.8, 4) is 17.3 Å². The Hall–Kier alpha value is -2.89. The van der Waals surface area contributed by atoms with E-state index in [1.807, 2.05) is 7.05 Å². The van der Waals surface area contributed by atoms with Crippen LogP contribution in [0.2, 0.25) is 0 Å². The lowest BCUT2D eigenvalue weighted by atomic mass is 10.0. The minimum absolute atomic E-state index is 0.0288. The zero-order chi connectivity index (χ0) is 14.1. The number of para-hydroxylation sites is 1. The van der Waals surface area contributed by atoms with Crippen molar-refractivity contribution >= 4 is 5.78 Å². The Morgan fingerprint density at radius 1 is 1.35 bits per heavy atom. The summed E-state index contributed by atoms with van der Waals surface area (Å²) in [6.45, 7) is 0. The number of hydrogen-bond donors (Lipinski definition) is 2. The monoisotopic (exact) mass is 268 g/mol. The number of H-pyrrole nitrogens is 1. The molecule has 0 unspecified atom stereocenters. The van der Waals surface area contributed by atoms with Gasteiger partial charge in [0, 0.05) is 18.8 Å². The van der Waals surface area contributed by atoms with Crippen LogP contribution in [0.1, 0.15) is 15.9 Å². The Kier molecular flexibility index (Phi) is 2.83. The number of aryl methyl sites for hydroxylation is 1. The SMILES string of the molecule is Cn1cnnc1-c1cc(C(=O)c2ccccc2O)c[nH]1. The molecule has 1 aromatic carbocycles. The van der Waals surface area contributed by atoms with Crippen LogP contribution in [-0.4, -0.2) is 30.6 Å². The molecule has 6 heteroatoms. The van der Waals surface area contributed by atoms with Crippen LogP contribution in [0.5, 0.6) is 5.75 Å². The second-order valence-electron chi connectivity index (χ2n) is 4.41. The molecule has 0 aliphatic heterocycles. The topological polar surface area (TPSA) is 83.8 Å². The maximum absolute atomic E-state index is 12.3. The van der Waals surface area contributed by atoms with E-state index in [-0.39, 0.29) is 17.1 Å². The summed E-state index contributed by atoms with van der Waals surface area (Å²) >= 11 is 0. The van der Waals surface area contributed by atoms with Crippen molar-refractivity contribution in [3.63, 3.8) is 0 Å². The highest BCUT2D eigenvalue weighted by Crippen LogP contribution is 2.22. The zero-order valence-electron chi connectivity index (χ0n) is 10.7. The first-order valence-electron chi connectivity index (χ1n) is 6.02. The predicted molar refractivity (Wildman–Crippen MR) is 72.3 cm³/mol. The molecule has 20 heavy (non-hydrogen) atoms. The van der Waals surface area contributed by atoms with Gasteiger partial charge in [-0.3, -0.25) is 4.79 Å². The van der Waals surface area contributed by atoms with Gasteiger partial charge in [0.05, 0.1) is 11.3 Å². The number of aromatic amines is 1. The second-order valence-corrected chi connectivity index (χ2v) is 4.41. The largest absolute Gasteiger partial charge is 0.507 e. The molecule has 0 aliphatic rings. The molecule has 100 valence electrons. The molecule has 3 aromatic rings. The molecule has 2 N–H and O–H groups in total. The van der Waals surface area contributed by atoms with Gasteiger partial charge in [-0.15, -0.1) is 10.2 Å². The molecule has 0 spiro atoms. The Bertz CT molecular complexity index is 773. The maximum atomic E-state index is 12.3. The van der Waals surface area contributed by atoms with Crippen LogP contribution in [0.25, 0.3) is 11.5 Å². The summed E-state index contributed by atoms with van der Waals surface area (Å²) in [5, 5.41) is 17.5. The molecule has 0 bridgehead atoms. The smallest absolute Gasteiger partial charge is 0.198 e. The summed E-state index contributed by atoms with van der Waals surface area (Å²) in [6, 6.07) is 8.16. The van der Waals surface area contributed by atoms with Gasteiger partial charge in [0.15, 0.2) is 11.6 Å². The van der Waals surface area contributed by atoms with Crippen molar-refractivity contribution in [1.29, 1.82) is 0 Å². The predicted octanol–water partition coefficient (Wildman–Crippen LogP) is 1.75. The lowest BCUT2D eigenvalue weighted by Gasteiger charge is -2.00. The van der Waals surface area contributed by atoms with Crippen LogP contribution >= 0.6 is 0 Å². The number of nitrogens with zero attached hydrogens (tertiary/aromatic N) is 3. The number of hydrogen-bond acceptors (Lipinski definition) is 4. The van der Waals surface area contributed by atoms with Gasteiger partial charge in [0.1, 0.15) is 12.1 Å². The van der Waals surface area contributed by atoms with Crippen LogP contribution in [0.4, 0.5) is 0 Å². The van der Waals surface area contributed by atoms with E-state index in [2.05, 4.69) is 15.2 Å². The fourth-order valence-electron chi connectivity index (χ4n) is 2.00. The van der Waals surface area contributed by atoms with Gasteiger partial charge in [-0.25, -0.2) is 0 Å². The fourth-order valence-corrected chi connectivity index (χ4v) is 2.00. The Morgan fingerprint density at radius 3 is 2.85 bits per heavy atom. The molecular formula is C14H12N4O2. The number of ketones is 1. The van der Waals surface area contributed by atoms with Gasteiger partial charge in [-0.2, -0.15) is 0 Å². The van der Waals surface area contributed by atoms with Gasteiger partial charge < -0.3 is 14.7 Å². The van der Waals surface area contributed by atoms with Gasteiger partial charge in [0.25, 0.3) is 0 Å². The van der Waals surface area contributed by atoms with E-state index >= 15 is 0 Å². The number of carbonyl (C=O) groups excluding carboxylic acids is 1. The van der Waals surface area contributed by atoms with Crippen molar-refractivity contribution in [3.05, 3.63) is 54.0 Å². The molecule has 0 saturated heterocycles. The average molecular weight is 268 g/mol. The Morgan fingerprint density at radius 2 is 2.15 bits per heavy atom. The van der Waals surface area contributed by atoms with Crippen molar-refractivity contribution in [2.45, 2.75) is 0 Å². The molecule has 0 atom stereocenters. The zero-order valence-corrected chi connectivity index (χ0v) is 10.7. The molecule has 0 fully saturated rings. The third kappa shape index (κ3) is 1.97. The highest BCUT2D eigenvalue weighted by atomic mass is 16.3. The highest BCUT2D eigenvalue weighted by Gasteiger charge is 2.16. The summed E-state index contributed by atoms with van der Waals surface area (Å²) in [7, 11) is 1.82. The Balaban J connectivity index is 1.97. The van der Waals surface area contributed by atoms with E-state index < -0.39 is 0 Å². The van der Waals surface area contributed by atoms with Crippen molar-refractivity contribution in [2.75, 3.05) is 0 Å². The first-order chi connectivity index (χ1) is 9.66. The van der Waals surface area contributed by atoms with E-state index in [9.17, 15) is 9.90 Å². The highest BCUT2D eigenvalue weighted by molar-refractivity contribution is 6.11. The number of rotatable bonds is 3. The van der Waals surface area contributed by atoms with Crippen LogP contribution in [0.3, 0.4) is 0 Å². The average Bonchev–Trinajstić information content (AvgIpc) is 3.07. The lowest BCUT2D eigenvalue weighted by molar-refractivity contribution is 0.103. The van der Waals surface area contributed by atoms with Crippen LogP contribution in [0.15, 0.2) is 42.9 Å². The number of aromatic hydroxyl groups is 1. The second kappa shape index (κ2) is 4.65. The number of nitrogens with one attached hydrogen (secondary N) is 1. The Labute approximate surface area is 114 Å². The van der Waals surface area contributed by atoms with Crippen LogP contribution in [-0.2, 0) is 7.05 Å². The van der Waals surface area contributed by atoms with E-state index in [0.717, 1.165) is 0 Å². The third-order valence-electron chi connectivity index (χ3n) is 3.05. The molecule has 2 aromatic heterocycles. The number of phenols is 1. The van der Waals surface area contributed by atoms with Crippen molar-refractivity contribution < 1.29 is 9.90 Å². The van der Waals surface area contributed by atoms with E-state index in [0.29, 0.717) is 17.1 Å². The quantitative estimate of drug-likeness (QED) is 0.709. The summed E-state index contributed by atoms with van der Waals surface area (Å²) in [5.41, 5.74) is 1.43. The number of phenolic OH excluding ortho intramolecular Hbond substituents is 1. The molecule has 0 radical (unpaired) electrons. The van der Waals surface area contributed by atoms with Gasteiger partial charge in [0.2, 0.25) is 0 Å². The summed E-state index contributed by atoms with van der Waals surface area (Å²) in [5.74, 6) is 0.369. The first-order valence-corrected chi connectivity index (χ1v) is 6.02. The number of benzene rings is 1. The van der Waals surface area contributed by atoms with Crippen LogP contribution in [0, 0.1) is 0 Å². The van der Waals surface area contributed by atoms with Crippen molar-refractivity contribution in [1.82, 2.24) is 19.7 Å². The molecule has 2 heterocycles. The van der Waals surface area contributed by atoms with Crippen LogP contribution < -0.4 is 0 Å². The number of aromatic nitrogens is 4. The van der Waals surface area contributed by atoms with E-state index in [1.54, 1.807) is 41.4 Å². The van der Waals surface area contributed by atoms with E-state index in [1.165, 1.54) is 6.07 Å². The number of carbonyl (C=O) groups is 1. The van der Waals surface area contributed by atoms with E-state index in [4.69, 9.17) is 0 Å². The van der Waals surface area contributed by atoms with Gasteiger partial charge in [-0.1, -0.05) is 12.1 Å². The first kappa shape index (κ1) is 12.2. The summed E-state index contributed by atoms with van der Waals surface area (Å²) in [4.78, 5) is 15.3. The minimum atomic E-state index is -0.243. The molecule has 0 aliphatic carbocycles. The summed E-state index contributed by atoms with van der Waals surface area (Å²) < 4.78 is 1.75. The third-order valence-corrected chi connectivity index (χ3v) is 3.05. The maximum Gasteiger partial charge on any atom is 0.198 e. The summed E-state index contributed by atoms with van der Waals surface area (Å²) in [6.07, 6.45) is 3.18. The standard InChI is InChI=1S/C14H12N4O2/c1-18-8-16-17-14(18)11-6-9(7-15-11)13(20)10-4-2-3-5-12(10)19/h2-8,15,19H,1H3. The normalized spacial score (nSPS) is 10.7. The fraction of sp³-hybridized carbons (Fsp3) is 0.0714. The van der Waals surface area contributed by atoms with Gasteiger partial charge in [-0.05, 0) is 18.2 Å². The lowest BCUT2D eigenvalue weighted by Crippen LogP contribution is -1.99.